The first kappa shape index (κ1) is 17.1. The highest BCUT2D eigenvalue weighted by Crippen LogP contribution is 2.46. The second kappa shape index (κ2) is 5.94. The number of rotatable bonds is 1. The van der Waals surface area contributed by atoms with Crippen LogP contribution in [-0.2, 0) is 0 Å². The van der Waals surface area contributed by atoms with Crippen molar-refractivity contribution in [1.82, 2.24) is 0 Å². The molecule has 7 rings (SSSR count). The minimum atomic E-state index is -0.180. The fourth-order valence-corrected chi connectivity index (χ4v) is 5.17. The summed E-state index contributed by atoms with van der Waals surface area (Å²) in [7, 11) is 0. The second-order valence-corrected chi connectivity index (χ2v) is 7.95. The smallest absolute Gasteiger partial charge is 0.266 e. The summed E-state index contributed by atoms with van der Waals surface area (Å²) >= 11 is 0. The van der Waals surface area contributed by atoms with Crippen LogP contribution in [0.25, 0.3) is 0 Å². The Balaban J connectivity index is 1.63. The van der Waals surface area contributed by atoms with E-state index in [9.17, 15) is 10.5 Å². The first-order chi connectivity index (χ1) is 15.8. The Labute approximate surface area is 184 Å². The molecular weight excluding hydrogens is 397 g/mol. The van der Waals surface area contributed by atoms with Gasteiger partial charge in [0.25, 0.3) is 6.71 Å². The number of nitriles is 2. The van der Waals surface area contributed by atoms with Crippen LogP contribution in [0.4, 0.5) is 17.1 Å². The molecule has 0 saturated heterocycles. The lowest BCUT2D eigenvalue weighted by molar-refractivity contribution is 0.462. The molecule has 0 aromatic heterocycles. The van der Waals surface area contributed by atoms with Crippen LogP contribution < -0.4 is 30.8 Å². The Morgan fingerprint density at radius 3 is 1.75 bits per heavy atom. The van der Waals surface area contributed by atoms with E-state index in [4.69, 9.17) is 9.47 Å². The van der Waals surface area contributed by atoms with Gasteiger partial charge in [0.05, 0.1) is 11.1 Å². The van der Waals surface area contributed by atoms with Gasteiger partial charge in [-0.3, -0.25) is 0 Å². The average Bonchev–Trinajstić information content (AvgIpc) is 2.85. The molecule has 4 aromatic carbocycles. The van der Waals surface area contributed by atoms with Crippen molar-refractivity contribution in [3.63, 3.8) is 0 Å². The first-order valence-corrected chi connectivity index (χ1v) is 10.3. The molecule has 0 amide bonds. The van der Waals surface area contributed by atoms with Gasteiger partial charge in [0.15, 0.2) is 0 Å². The number of anilines is 3. The zero-order valence-electron chi connectivity index (χ0n) is 16.7. The van der Waals surface area contributed by atoms with Crippen LogP contribution >= 0.6 is 0 Å². The van der Waals surface area contributed by atoms with E-state index in [1.54, 1.807) is 6.07 Å². The van der Waals surface area contributed by atoms with E-state index in [0.717, 1.165) is 44.9 Å². The number of hydrogen-bond donors (Lipinski definition) is 0. The van der Waals surface area contributed by atoms with Gasteiger partial charge in [-0.2, -0.15) is 10.5 Å². The SMILES string of the molecule is N#Cc1cc(C#N)c2c3c1Oc1cccc4c1B3c1c(cccc1N4c1ccccc1)O2. The van der Waals surface area contributed by atoms with Gasteiger partial charge in [-0.15, -0.1) is 0 Å². The summed E-state index contributed by atoms with van der Waals surface area (Å²) in [6.45, 7) is -0.180. The first-order valence-electron chi connectivity index (χ1n) is 10.3. The summed E-state index contributed by atoms with van der Waals surface area (Å²) in [4.78, 5) is 2.22. The number of nitrogens with zero attached hydrogens (tertiary/aromatic N) is 3. The largest absolute Gasteiger partial charge is 0.457 e. The predicted molar refractivity (Wildman–Crippen MR) is 122 cm³/mol. The standard InChI is InChI=1S/C26H12BN3O2/c28-13-15-12-16(14-29)26-24-25(15)31-20-10-4-8-18-22(20)27(24)23-19(9-5-11-21(23)32-26)30(18)17-6-2-1-3-7-17/h1-12H. The molecular formula is C26H12BN3O2. The fourth-order valence-electron chi connectivity index (χ4n) is 5.17. The molecule has 3 aliphatic heterocycles. The van der Waals surface area contributed by atoms with Crippen molar-refractivity contribution < 1.29 is 9.47 Å². The molecule has 0 bridgehead atoms. The van der Waals surface area contributed by atoms with Crippen molar-refractivity contribution in [2.75, 3.05) is 4.90 Å². The normalized spacial score (nSPS) is 13.3. The molecule has 6 heteroatoms. The molecule has 146 valence electrons. The maximum atomic E-state index is 9.79. The highest BCUT2D eigenvalue weighted by molar-refractivity contribution is 7.00. The molecule has 0 saturated carbocycles. The molecule has 0 atom stereocenters. The van der Waals surface area contributed by atoms with E-state index in [1.165, 1.54) is 0 Å². The van der Waals surface area contributed by atoms with E-state index in [-0.39, 0.29) is 6.71 Å². The maximum absolute atomic E-state index is 9.79. The van der Waals surface area contributed by atoms with Gasteiger partial charge in [0.2, 0.25) is 0 Å². The van der Waals surface area contributed by atoms with Crippen LogP contribution in [0.1, 0.15) is 11.1 Å². The molecule has 4 aromatic rings. The molecule has 0 radical (unpaired) electrons. The minimum absolute atomic E-state index is 0.180. The predicted octanol–water partition coefficient (Wildman–Crippen LogP) is 3.94. The van der Waals surface area contributed by atoms with Crippen LogP contribution in [0.2, 0.25) is 0 Å². The summed E-state index contributed by atoms with van der Waals surface area (Å²) in [5.41, 5.74) is 6.55. The maximum Gasteiger partial charge on any atom is 0.266 e. The third-order valence-corrected chi connectivity index (χ3v) is 6.38. The summed E-state index contributed by atoms with van der Waals surface area (Å²) in [5.74, 6) is 2.39. The second-order valence-electron chi connectivity index (χ2n) is 7.95. The lowest BCUT2D eigenvalue weighted by atomic mass is 9.33. The number of hydrogen-bond acceptors (Lipinski definition) is 5. The zero-order chi connectivity index (χ0) is 21.4. The summed E-state index contributed by atoms with van der Waals surface area (Å²) in [6, 6.07) is 28.1. The molecule has 0 N–H and O–H groups in total. The molecule has 3 aliphatic rings. The summed E-state index contributed by atoms with van der Waals surface area (Å²) < 4.78 is 12.6. The Morgan fingerprint density at radius 1 is 0.656 bits per heavy atom. The van der Waals surface area contributed by atoms with Crippen molar-refractivity contribution in [3.05, 3.63) is 83.9 Å². The van der Waals surface area contributed by atoms with Crippen molar-refractivity contribution in [2.24, 2.45) is 0 Å². The van der Waals surface area contributed by atoms with Crippen molar-refractivity contribution in [2.45, 2.75) is 0 Å². The van der Waals surface area contributed by atoms with Crippen LogP contribution in [0.5, 0.6) is 23.0 Å². The van der Waals surface area contributed by atoms with Gasteiger partial charge in [-0.25, -0.2) is 0 Å². The highest BCUT2D eigenvalue weighted by Gasteiger charge is 2.48. The monoisotopic (exact) mass is 409 g/mol. The van der Waals surface area contributed by atoms with E-state index in [1.807, 2.05) is 42.5 Å². The molecule has 0 spiro atoms. The average molecular weight is 409 g/mol. The quantitative estimate of drug-likeness (QED) is 0.384. The van der Waals surface area contributed by atoms with Gasteiger partial charge in [-0.05, 0) is 53.4 Å². The van der Waals surface area contributed by atoms with Crippen molar-refractivity contribution in [1.29, 1.82) is 10.5 Å². The summed E-state index contributed by atoms with van der Waals surface area (Å²) in [6.07, 6.45) is 0. The molecule has 0 unspecified atom stereocenters. The number of para-hydroxylation sites is 1. The lowest BCUT2D eigenvalue weighted by Crippen LogP contribution is -2.61. The fraction of sp³-hybridized carbons (Fsp3) is 0. The van der Waals surface area contributed by atoms with Crippen LogP contribution in [0.3, 0.4) is 0 Å². The van der Waals surface area contributed by atoms with Gasteiger partial charge in [-0.1, -0.05) is 30.3 Å². The summed E-state index contributed by atoms with van der Waals surface area (Å²) in [5, 5.41) is 19.6. The van der Waals surface area contributed by atoms with Gasteiger partial charge < -0.3 is 14.4 Å². The Hall–Kier alpha value is -4.68. The van der Waals surface area contributed by atoms with E-state index in [2.05, 4.69) is 41.3 Å². The topological polar surface area (TPSA) is 69.3 Å². The Bertz CT molecular complexity index is 1470. The van der Waals surface area contributed by atoms with E-state index < -0.39 is 0 Å². The lowest BCUT2D eigenvalue weighted by Gasteiger charge is -2.42. The van der Waals surface area contributed by atoms with Crippen LogP contribution in [0, 0.1) is 22.7 Å². The highest BCUT2D eigenvalue weighted by atomic mass is 16.5. The Kier molecular flexibility index (Phi) is 3.16. The molecule has 32 heavy (non-hydrogen) atoms. The number of ether oxygens (including phenoxy) is 2. The van der Waals surface area contributed by atoms with Crippen molar-refractivity contribution >= 4 is 40.2 Å². The van der Waals surface area contributed by atoms with Gasteiger partial charge >= 0.3 is 0 Å². The Morgan fingerprint density at radius 2 is 1.22 bits per heavy atom. The third kappa shape index (κ3) is 1.97. The van der Waals surface area contributed by atoms with Gasteiger partial charge in [0, 0.05) is 22.5 Å². The third-order valence-electron chi connectivity index (χ3n) is 6.38. The van der Waals surface area contributed by atoms with E-state index in [0.29, 0.717) is 22.6 Å². The molecule has 5 nitrogen and oxygen atoms in total. The van der Waals surface area contributed by atoms with Gasteiger partial charge in [0.1, 0.15) is 35.1 Å². The van der Waals surface area contributed by atoms with Crippen LogP contribution in [0.15, 0.2) is 72.8 Å². The molecule has 0 aliphatic carbocycles. The van der Waals surface area contributed by atoms with E-state index >= 15 is 0 Å². The molecule has 3 heterocycles. The van der Waals surface area contributed by atoms with Crippen LogP contribution in [-0.4, -0.2) is 6.71 Å². The molecule has 0 fully saturated rings. The van der Waals surface area contributed by atoms with Crippen molar-refractivity contribution in [3.8, 4) is 35.1 Å². The number of benzene rings is 4. The zero-order valence-corrected chi connectivity index (χ0v) is 16.7. The minimum Gasteiger partial charge on any atom is -0.457 e.